The van der Waals surface area contributed by atoms with Gasteiger partial charge in [0.15, 0.2) is 0 Å². The van der Waals surface area contributed by atoms with Crippen LogP contribution in [0.15, 0.2) is 6.33 Å². The fourth-order valence-electron chi connectivity index (χ4n) is 1.32. The smallest absolute Gasteiger partial charge is 0.326 e. The fourth-order valence-corrected chi connectivity index (χ4v) is 1.32. The van der Waals surface area contributed by atoms with Crippen LogP contribution in [-0.2, 0) is 11.2 Å². The summed E-state index contributed by atoms with van der Waals surface area (Å²) in [6, 6.07) is -0.631. The van der Waals surface area contributed by atoms with E-state index in [4.69, 9.17) is 10.8 Å². The van der Waals surface area contributed by atoms with Gasteiger partial charge in [-0.25, -0.2) is 14.8 Å². The van der Waals surface area contributed by atoms with Crippen LogP contribution < -0.4 is 11.1 Å². The van der Waals surface area contributed by atoms with E-state index < -0.39 is 12.0 Å². The highest BCUT2D eigenvalue weighted by Crippen LogP contribution is 2.26. The SMILES string of the molecule is Nc1ncnc2c1CC(C(=O)O)N2. The number of fused-ring (bicyclic) bond motifs is 1. The number of nitrogens with zero attached hydrogens (tertiary/aromatic N) is 2. The molecule has 0 saturated heterocycles. The van der Waals surface area contributed by atoms with Gasteiger partial charge in [0, 0.05) is 12.0 Å². The normalized spacial score (nSPS) is 19.2. The highest BCUT2D eigenvalue weighted by Gasteiger charge is 2.29. The van der Waals surface area contributed by atoms with Crippen LogP contribution in [0.2, 0.25) is 0 Å². The van der Waals surface area contributed by atoms with Crippen LogP contribution >= 0.6 is 0 Å². The minimum absolute atomic E-state index is 0.345. The lowest BCUT2D eigenvalue weighted by Gasteiger charge is -2.01. The van der Waals surface area contributed by atoms with Gasteiger partial charge in [-0.2, -0.15) is 0 Å². The summed E-state index contributed by atoms with van der Waals surface area (Å²) in [5, 5.41) is 11.5. The molecular formula is C7H8N4O2. The Morgan fingerprint density at radius 1 is 1.69 bits per heavy atom. The number of aliphatic carboxylic acids is 1. The molecule has 0 amide bonds. The summed E-state index contributed by atoms with van der Waals surface area (Å²) in [6.45, 7) is 0. The topological polar surface area (TPSA) is 101 Å². The second kappa shape index (κ2) is 2.58. The molecule has 6 heteroatoms. The van der Waals surface area contributed by atoms with Crippen molar-refractivity contribution in [2.24, 2.45) is 0 Å². The molecule has 4 N–H and O–H groups in total. The van der Waals surface area contributed by atoms with Gasteiger partial charge in [0.2, 0.25) is 0 Å². The predicted molar refractivity (Wildman–Crippen MR) is 45.2 cm³/mol. The zero-order valence-corrected chi connectivity index (χ0v) is 6.69. The third-order valence-electron chi connectivity index (χ3n) is 2.00. The van der Waals surface area contributed by atoms with Crippen molar-refractivity contribution in [3.05, 3.63) is 11.9 Å². The summed E-state index contributed by atoms with van der Waals surface area (Å²) in [6.07, 6.45) is 1.66. The van der Waals surface area contributed by atoms with Gasteiger partial charge in [0.05, 0.1) is 0 Å². The second-order valence-electron chi connectivity index (χ2n) is 2.83. The molecule has 0 aromatic carbocycles. The number of carbonyl (C=O) groups is 1. The summed E-state index contributed by atoms with van der Waals surface area (Å²) in [5.74, 6) is -0.0291. The Hall–Kier alpha value is -1.85. The summed E-state index contributed by atoms with van der Waals surface area (Å²) < 4.78 is 0. The lowest BCUT2D eigenvalue weighted by Crippen LogP contribution is -2.26. The van der Waals surface area contributed by atoms with Gasteiger partial charge in [-0.05, 0) is 0 Å². The van der Waals surface area contributed by atoms with Gasteiger partial charge >= 0.3 is 5.97 Å². The molecule has 1 atom stereocenters. The number of nitrogens with two attached hydrogens (primary N) is 1. The molecule has 0 fully saturated rings. The Morgan fingerprint density at radius 3 is 3.08 bits per heavy atom. The zero-order valence-electron chi connectivity index (χ0n) is 6.69. The molecule has 0 spiro atoms. The van der Waals surface area contributed by atoms with Gasteiger partial charge in [0.25, 0.3) is 0 Å². The average Bonchev–Trinajstić information content (AvgIpc) is 2.49. The Bertz CT molecular complexity index is 366. The molecular weight excluding hydrogens is 172 g/mol. The summed E-state index contributed by atoms with van der Waals surface area (Å²) in [4.78, 5) is 18.3. The molecule has 1 unspecified atom stereocenters. The first-order valence-electron chi connectivity index (χ1n) is 3.77. The van der Waals surface area contributed by atoms with E-state index in [1.807, 2.05) is 0 Å². The molecule has 2 rings (SSSR count). The molecule has 6 nitrogen and oxygen atoms in total. The number of aromatic nitrogens is 2. The van der Waals surface area contributed by atoms with E-state index in [2.05, 4.69) is 15.3 Å². The molecule has 68 valence electrons. The molecule has 1 aliphatic rings. The van der Waals surface area contributed by atoms with Gasteiger partial charge < -0.3 is 16.2 Å². The van der Waals surface area contributed by atoms with E-state index in [0.717, 1.165) is 0 Å². The summed E-state index contributed by atoms with van der Waals surface area (Å²) >= 11 is 0. The molecule has 1 aromatic rings. The van der Waals surface area contributed by atoms with Crippen molar-refractivity contribution in [1.82, 2.24) is 9.97 Å². The third-order valence-corrected chi connectivity index (χ3v) is 2.00. The second-order valence-corrected chi connectivity index (χ2v) is 2.83. The fraction of sp³-hybridized carbons (Fsp3) is 0.286. The van der Waals surface area contributed by atoms with Crippen LogP contribution in [-0.4, -0.2) is 27.1 Å². The average molecular weight is 180 g/mol. The van der Waals surface area contributed by atoms with E-state index in [1.54, 1.807) is 0 Å². The number of nitrogens with one attached hydrogen (secondary N) is 1. The van der Waals surface area contributed by atoms with Crippen LogP contribution in [0.1, 0.15) is 5.56 Å². The van der Waals surface area contributed by atoms with Crippen LogP contribution in [0.4, 0.5) is 11.6 Å². The van der Waals surface area contributed by atoms with Gasteiger partial charge in [-0.15, -0.1) is 0 Å². The standard InChI is InChI=1S/C7H8N4O2/c8-5-3-1-4(7(12)13)11-6(3)10-2-9-5/h2,4H,1H2,(H,12,13)(H3,8,9,10,11). The van der Waals surface area contributed by atoms with Gasteiger partial charge in [-0.1, -0.05) is 0 Å². The van der Waals surface area contributed by atoms with Crippen molar-refractivity contribution in [1.29, 1.82) is 0 Å². The van der Waals surface area contributed by atoms with Crippen molar-refractivity contribution >= 4 is 17.6 Å². The molecule has 1 aromatic heterocycles. The van der Waals surface area contributed by atoms with Crippen LogP contribution in [0, 0.1) is 0 Å². The van der Waals surface area contributed by atoms with Crippen molar-refractivity contribution in [2.45, 2.75) is 12.5 Å². The van der Waals surface area contributed by atoms with E-state index in [0.29, 0.717) is 23.6 Å². The van der Waals surface area contributed by atoms with Crippen molar-refractivity contribution < 1.29 is 9.90 Å². The van der Waals surface area contributed by atoms with E-state index >= 15 is 0 Å². The molecule has 0 radical (unpaired) electrons. The molecule has 0 aliphatic carbocycles. The first-order chi connectivity index (χ1) is 6.18. The largest absolute Gasteiger partial charge is 0.480 e. The highest BCUT2D eigenvalue weighted by molar-refractivity contribution is 5.81. The monoisotopic (exact) mass is 180 g/mol. The van der Waals surface area contributed by atoms with Crippen LogP contribution in [0.25, 0.3) is 0 Å². The minimum atomic E-state index is -0.905. The van der Waals surface area contributed by atoms with Crippen molar-refractivity contribution in [2.75, 3.05) is 11.1 Å². The van der Waals surface area contributed by atoms with E-state index in [-0.39, 0.29) is 0 Å². The number of carboxylic acids is 1. The molecule has 1 aliphatic heterocycles. The molecule has 0 saturated carbocycles. The number of hydrogen-bond donors (Lipinski definition) is 3. The maximum absolute atomic E-state index is 10.6. The Kier molecular flexibility index (Phi) is 1.54. The minimum Gasteiger partial charge on any atom is -0.480 e. The van der Waals surface area contributed by atoms with Crippen molar-refractivity contribution in [3.8, 4) is 0 Å². The first-order valence-corrected chi connectivity index (χ1v) is 3.77. The molecule has 13 heavy (non-hydrogen) atoms. The highest BCUT2D eigenvalue weighted by atomic mass is 16.4. The number of nitrogen functional groups attached to an aromatic ring is 1. The molecule has 0 bridgehead atoms. The third kappa shape index (κ3) is 1.16. The number of rotatable bonds is 1. The number of hydrogen-bond acceptors (Lipinski definition) is 5. The van der Waals surface area contributed by atoms with E-state index in [1.165, 1.54) is 6.33 Å². The maximum Gasteiger partial charge on any atom is 0.326 e. The quantitative estimate of drug-likeness (QED) is 0.537. The summed E-state index contributed by atoms with van der Waals surface area (Å²) in [5.41, 5.74) is 6.24. The summed E-state index contributed by atoms with van der Waals surface area (Å²) in [7, 11) is 0. The molecule has 2 heterocycles. The Balaban J connectivity index is 2.35. The van der Waals surface area contributed by atoms with Crippen LogP contribution in [0.3, 0.4) is 0 Å². The predicted octanol–water partition coefficient (Wildman–Crippen LogP) is -0.520. The van der Waals surface area contributed by atoms with Gasteiger partial charge in [0.1, 0.15) is 24.0 Å². The Labute approximate surface area is 73.8 Å². The lowest BCUT2D eigenvalue weighted by molar-refractivity contribution is -0.137. The van der Waals surface area contributed by atoms with Crippen molar-refractivity contribution in [3.63, 3.8) is 0 Å². The maximum atomic E-state index is 10.6. The first kappa shape index (κ1) is 7.78. The van der Waals surface area contributed by atoms with Crippen LogP contribution in [0.5, 0.6) is 0 Å². The Morgan fingerprint density at radius 2 is 2.46 bits per heavy atom. The van der Waals surface area contributed by atoms with E-state index in [9.17, 15) is 4.79 Å². The lowest BCUT2D eigenvalue weighted by atomic mass is 10.1. The number of carboxylic acid groups (broad SMARTS) is 1. The van der Waals surface area contributed by atoms with Gasteiger partial charge in [-0.3, -0.25) is 0 Å². The zero-order chi connectivity index (χ0) is 9.42. The number of anilines is 2.